The summed E-state index contributed by atoms with van der Waals surface area (Å²) in [6.45, 7) is 4.04. The van der Waals surface area contributed by atoms with Gasteiger partial charge in [-0.25, -0.2) is 8.78 Å². The molecule has 0 saturated carbocycles. The molecule has 0 aromatic heterocycles. The van der Waals surface area contributed by atoms with Crippen LogP contribution in [0, 0.1) is 23.5 Å². The van der Waals surface area contributed by atoms with Crippen LogP contribution in [-0.4, -0.2) is 19.0 Å². The molecule has 1 aliphatic rings. The first kappa shape index (κ1) is 21.7. The maximum absolute atomic E-state index is 14.1. The Morgan fingerprint density at radius 1 is 1.21 bits per heavy atom. The first-order valence-corrected chi connectivity index (χ1v) is 10.6. The average Bonchev–Trinajstić information content (AvgIpc) is 2.98. The molecule has 6 heteroatoms. The van der Waals surface area contributed by atoms with Crippen LogP contribution in [0.25, 0.3) is 11.1 Å². The van der Waals surface area contributed by atoms with E-state index in [2.05, 4.69) is 17.6 Å². The fraction of sp³-hybridized carbons (Fsp3) is 0.435. The zero-order valence-electron chi connectivity index (χ0n) is 16.6. The van der Waals surface area contributed by atoms with Crippen molar-refractivity contribution in [3.05, 3.63) is 53.1 Å². The number of rotatable bonds is 6. The van der Waals surface area contributed by atoms with Crippen LogP contribution in [0.1, 0.15) is 39.0 Å². The highest BCUT2D eigenvalue weighted by molar-refractivity contribution is 6.33. The molecule has 2 atom stereocenters. The smallest absolute Gasteiger partial charge is 0.227 e. The Morgan fingerprint density at radius 3 is 2.79 bits per heavy atom. The minimum atomic E-state index is -0.934. The maximum atomic E-state index is 14.1. The summed E-state index contributed by atoms with van der Waals surface area (Å²) in [4.78, 5) is 13.0. The summed E-state index contributed by atoms with van der Waals surface area (Å²) in [5, 5.41) is 6.63. The first-order chi connectivity index (χ1) is 14.0. The summed E-state index contributed by atoms with van der Waals surface area (Å²) in [6, 6.07) is 8.88. The number of amides is 1. The van der Waals surface area contributed by atoms with Gasteiger partial charge in [0.25, 0.3) is 0 Å². The quantitative estimate of drug-likeness (QED) is 0.599. The summed E-state index contributed by atoms with van der Waals surface area (Å²) < 4.78 is 27.6. The lowest BCUT2D eigenvalue weighted by Crippen LogP contribution is -2.30. The van der Waals surface area contributed by atoms with Crippen LogP contribution in [0.5, 0.6) is 0 Å². The Bertz CT molecular complexity index is 851. The van der Waals surface area contributed by atoms with E-state index in [1.165, 1.54) is 12.1 Å². The van der Waals surface area contributed by atoms with E-state index in [0.717, 1.165) is 51.3 Å². The van der Waals surface area contributed by atoms with Gasteiger partial charge in [-0.3, -0.25) is 4.79 Å². The first-order valence-electron chi connectivity index (χ1n) is 10.3. The molecule has 1 amide bonds. The molecule has 0 spiro atoms. The molecule has 3 rings (SSSR count). The van der Waals surface area contributed by atoms with Gasteiger partial charge in [-0.2, -0.15) is 0 Å². The van der Waals surface area contributed by atoms with E-state index in [1.54, 1.807) is 18.2 Å². The zero-order chi connectivity index (χ0) is 20.8. The highest BCUT2D eigenvalue weighted by atomic mass is 35.5. The van der Waals surface area contributed by atoms with Crippen molar-refractivity contribution in [2.75, 3.05) is 18.4 Å². The van der Waals surface area contributed by atoms with Crippen molar-refractivity contribution in [3.8, 4) is 11.1 Å². The molecule has 1 heterocycles. The van der Waals surface area contributed by atoms with Gasteiger partial charge in [-0.05, 0) is 62.9 Å². The molecule has 156 valence electrons. The maximum Gasteiger partial charge on any atom is 0.227 e. The highest BCUT2D eigenvalue weighted by Crippen LogP contribution is 2.34. The van der Waals surface area contributed by atoms with Crippen molar-refractivity contribution in [3.63, 3.8) is 0 Å². The Labute approximate surface area is 175 Å². The molecule has 2 aromatic carbocycles. The number of halogens is 3. The monoisotopic (exact) mass is 420 g/mol. The van der Waals surface area contributed by atoms with Crippen molar-refractivity contribution >= 4 is 23.2 Å². The fourth-order valence-electron chi connectivity index (χ4n) is 4.10. The normalized spacial score (nSPS) is 18.1. The molecular formula is C23H27ClF2N2O. The summed E-state index contributed by atoms with van der Waals surface area (Å²) >= 11 is 6.33. The number of anilines is 1. The Kier molecular flexibility index (Phi) is 7.62. The third kappa shape index (κ3) is 5.34. The van der Waals surface area contributed by atoms with Crippen molar-refractivity contribution in [2.45, 2.75) is 39.0 Å². The van der Waals surface area contributed by atoms with E-state index in [4.69, 9.17) is 11.6 Å². The summed E-state index contributed by atoms with van der Waals surface area (Å²) in [7, 11) is 0. The van der Waals surface area contributed by atoms with E-state index < -0.39 is 11.6 Å². The van der Waals surface area contributed by atoms with E-state index in [1.807, 2.05) is 0 Å². The summed E-state index contributed by atoms with van der Waals surface area (Å²) in [5.74, 6) is -1.54. The molecule has 1 saturated heterocycles. The molecule has 3 nitrogen and oxygen atoms in total. The molecule has 29 heavy (non-hydrogen) atoms. The van der Waals surface area contributed by atoms with Gasteiger partial charge in [0.05, 0.1) is 5.02 Å². The Hall–Kier alpha value is -1.98. The van der Waals surface area contributed by atoms with Crippen molar-refractivity contribution in [1.29, 1.82) is 0 Å². The average molecular weight is 421 g/mol. The van der Waals surface area contributed by atoms with Crippen LogP contribution in [-0.2, 0) is 4.79 Å². The van der Waals surface area contributed by atoms with Gasteiger partial charge in [0, 0.05) is 22.7 Å². The van der Waals surface area contributed by atoms with Crippen molar-refractivity contribution < 1.29 is 13.6 Å². The van der Waals surface area contributed by atoms with Crippen LogP contribution in [0.15, 0.2) is 36.4 Å². The second kappa shape index (κ2) is 10.2. The summed E-state index contributed by atoms with van der Waals surface area (Å²) in [5.41, 5.74) is 1.05. The second-order valence-corrected chi connectivity index (χ2v) is 8.03. The van der Waals surface area contributed by atoms with Crippen molar-refractivity contribution in [1.82, 2.24) is 5.32 Å². The van der Waals surface area contributed by atoms with Gasteiger partial charge in [0.15, 0.2) is 11.6 Å². The van der Waals surface area contributed by atoms with Gasteiger partial charge < -0.3 is 10.6 Å². The highest BCUT2D eigenvalue weighted by Gasteiger charge is 2.28. The molecule has 2 aromatic rings. The van der Waals surface area contributed by atoms with Crippen LogP contribution in [0.2, 0.25) is 5.02 Å². The summed E-state index contributed by atoms with van der Waals surface area (Å²) in [6.07, 6.45) is 4.91. The molecule has 2 N–H and O–H groups in total. The second-order valence-electron chi connectivity index (χ2n) is 7.62. The predicted octanol–water partition coefficient (Wildman–Crippen LogP) is 6.03. The van der Waals surface area contributed by atoms with Gasteiger partial charge in [0.2, 0.25) is 5.91 Å². The minimum absolute atomic E-state index is 0.000460. The van der Waals surface area contributed by atoms with Crippen molar-refractivity contribution in [2.24, 2.45) is 11.8 Å². The molecule has 0 bridgehead atoms. The number of carbonyl (C=O) groups excluding carboxylic acids is 1. The molecular weight excluding hydrogens is 394 g/mol. The lowest BCUT2D eigenvalue weighted by atomic mass is 9.82. The number of nitrogens with one attached hydrogen (secondary N) is 2. The van der Waals surface area contributed by atoms with E-state index >= 15 is 0 Å². The van der Waals surface area contributed by atoms with Gasteiger partial charge in [-0.15, -0.1) is 0 Å². The molecule has 1 fully saturated rings. The van der Waals surface area contributed by atoms with E-state index in [0.29, 0.717) is 17.2 Å². The molecule has 2 unspecified atom stereocenters. The third-order valence-electron chi connectivity index (χ3n) is 5.60. The molecule has 0 aliphatic carbocycles. The molecule has 0 radical (unpaired) electrons. The van der Waals surface area contributed by atoms with Gasteiger partial charge in [0.1, 0.15) is 0 Å². The van der Waals surface area contributed by atoms with Gasteiger partial charge in [-0.1, -0.05) is 43.1 Å². The zero-order valence-corrected chi connectivity index (χ0v) is 17.4. The third-order valence-corrected chi connectivity index (χ3v) is 5.92. The van der Waals surface area contributed by atoms with Crippen LogP contribution in [0.3, 0.4) is 0 Å². The SMILES string of the molecule is CCCC(C(=O)Nc1ccc(-c2cccc(F)c2F)c(Cl)c1)C1CCCNCC1. The van der Waals surface area contributed by atoms with Crippen LogP contribution < -0.4 is 10.6 Å². The van der Waals surface area contributed by atoms with Gasteiger partial charge >= 0.3 is 0 Å². The van der Waals surface area contributed by atoms with Crippen LogP contribution >= 0.6 is 11.6 Å². The minimum Gasteiger partial charge on any atom is -0.326 e. The van der Waals surface area contributed by atoms with Crippen LogP contribution in [0.4, 0.5) is 14.5 Å². The standard InChI is InChI=1S/C23H27ClF2N2O/c1-2-5-17(15-6-4-12-27-13-11-15)23(29)28-16-9-10-18(20(24)14-16)19-7-3-8-21(25)22(19)26/h3,7-10,14-15,17,27H,2,4-6,11-13H2,1H3,(H,28,29). The Morgan fingerprint density at radius 2 is 2.03 bits per heavy atom. The lowest BCUT2D eigenvalue weighted by Gasteiger charge is -2.25. The fourth-order valence-corrected chi connectivity index (χ4v) is 4.38. The largest absolute Gasteiger partial charge is 0.326 e. The predicted molar refractivity (Wildman–Crippen MR) is 114 cm³/mol. The van der Waals surface area contributed by atoms with E-state index in [9.17, 15) is 13.6 Å². The number of benzene rings is 2. The number of carbonyl (C=O) groups is 1. The Balaban J connectivity index is 1.77. The topological polar surface area (TPSA) is 41.1 Å². The lowest BCUT2D eigenvalue weighted by molar-refractivity contribution is -0.121. The van der Waals surface area contributed by atoms with E-state index in [-0.39, 0.29) is 22.4 Å². The number of hydrogen-bond donors (Lipinski definition) is 2. The molecule has 1 aliphatic heterocycles. The number of hydrogen-bond acceptors (Lipinski definition) is 2.